The molecule has 24 heavy (non-hydrogen) atoms. The van der Waals surface area contributed by atoms with Gasteiger partial charge in [0.15, 0.2) is 5.60 Å². The molecular formula is C21H36O3. The van der Waals surface area contributed by atoms with Gasteiger partial charge in [0.1, 0.15) is 5.60 Å². The van der Waals surface area contributed by atoms with E-state index >= 15 is 0 Å². The molecule has 0 unspecified atom stereocenters. The Kier molecular flexibility index (Phi) is 4.95. The van der Waals surface area contributed by atoms with Crippen molar-refractivity contribution in [2.24, 2.45) is 16.7 Å². The Morgan fingerprint density at radius 3 is 2.21 bits per heavy atom. The van der Waals surface area contributed by atoms with E-state index in [1.54, 1.807) is 0 Å². The highest BCUT2D eigenvalue weighted by Crippen LogP contribution is 2.69. The fraction of sp³-hybridized carbons (Fsp3) is 0.905. The van der Waals surface area contributed by atoms with Gasteiger partial charge in [0, 0.05) is 5.41 Å². The summed E-state index contributed by atoms with van der Waals surface area (Å²) >= 11 is 0. The average molecular weight is 337 g/mol. The molecule has 3 heteroatoms. The minimum Gasteiger partial charge on any atom is -0.377 e. The number of fused-ring (bicyclic) bond motifs is 2. The van der Waals surface area contributed by atoms with Gasteiger partial charge in [-0.2, -0.15) is 0 Å². The average Bonchev–Trinajstić information content (AvgIpc) is 2.76. The summed E-state index contributed by atoms with van der Waals surface area (Å²) < 4.78 is 0. The van der Waals surface area contributed by atoms with Crippen LogP contribution < -0.4 is 0 Å². The van der Waals surface area contributed by atoms with Gasteiger partial charge in [0.2, 0.25) is 0 Å². The van der Waals surface area contributed by atoms with Gasteiger partial charge in [-0.25, -0.2) is 9.78 Å². The van der Waals surface area contributed by atoms with Gasteiger partial charge >= 0.3 is 0 Å². The summed E-state index contributed by atoms with van der Waals surface area (Å²) in [5, 5.41) is 11.3. The molecule has 2 rings (SSSR count). The van der Waals surface area contributed by atoms with Crippen LogP contribution in [0.15, 0.2) is 0 Å². The van der Waals surface area contributed by atoms with Crippen LogP contribution >= 0.6 is 0 Å². The first kappa shape index (κ1) is 19.8. The Morgan fingerprint density at radius 2 is 1.75 bits per heavy atom. The first-order valence-electron chi connectivity index (χ1n) is 9.42. The molecule has 2 aliphatic carbocycles. The van der Waals surface area contributed by atoms with E-state index in [9.17, 15) is 5.11 Å². The molecular weight excluding hydrogens is 300 g/mol. The Bertz CT molecular complexity index is 537. The predicted octanol–water partition coefficient (Wildman–Crippen LogP) is 4.87. The molecule has 2 bridgehead atoms. The fourth-order valence-electron chi connectivity index (χ4n) is 4.60. The molecule has 2 fully saturated rings. The fourth-order valence-corrected chi connectivity index (χ4v) is 4.60. The number of hydrogen-bond donors (Lipinski definition) is 1. The molecule has 138 valence electrons. The van der Waals surface area contributed by atoms with Crippen molar-refractivity contribution >= 4 is 0 Å². The van der Waals surface area contributed by atoms with Gasteiger partial charge in [0.25, 0.3) is 0 Å². The Morgan fingerprint density at radius 1 is 1.12 bits per heavy atom. The van der Waals surface area contributed by atoms with E-state index < -0.39 is 11.2 Å². The van der Waals surface area contributed by atoms with Gasteiger partial charge < -0.3 is 5.11 Å². The van der Waals surface area contributed by atoms with Crippen LogP contribution in [0.2, 0.25) is 0 Å². The van der Waals surface area contributed by atoms with Crippen LogP contribution in [0.25, 0.3) is 0 Å². The zero-order chi connectivity index (χ0) is 18.4. The zero-order valence-corrected chi connectivity index (χ0v) is 16.9. The van der Waals surface area contributed by atoms with Crippen molar-refractivity contribution in [3.8, 4) is 11.8 Å². The normalized spacial score (nSPS) is 35.0. The largest absolute Gasteiger partial charge is 0.377 e. The molecule has 0 spiro atoms. The van der Waals surface area contributed by atoms with Crippen molar-refractivity contribution in [1.29, 1.82) is 0 Å². The van der Waals surface area contributed by atoms with Gasteiger partial charge in [-0.1, -0.05) is 46.0 Å². The molecule has 0 heterocycles. The lowest BCUT2D eigenvalue weighted by Crippen LogP contribution is -2.46. The van der Waals surface area contributed by atoms with Crippen molar-refractivity contribution < 1.29 is 14.9 Å². The predicted molar refractivity (Wildman–Crippen MR) is 97.2 cm³/mol. The van der Waals surface area contributed by atoms with Crippen LogP contribution in [0, 0.1) is 28.6 Å². The minimum atomic E-state index is -0.932. The van der Waals surface area contributed by atoms with E-state index in [2.05, 4.69) is 39.5 Å². The maximum Gasteiger partial charge on any atom is 0.158 e. The molecule has 2 aliphatic rings. The van der Waals surface area contributed by atoms with Crippen LogP contribution in [-0.2, 0) is 9.78 Å². The van der Waals surface area contributed by atoms with Gasteiger partial charge in [-0.15, -0.1) is 0 Å². The van der Waals surface area contributed by atoms with Crippen molar-refractivity contribution in [2.45, 2.75) is 104 Å². The smallest absolute Gasteiger partial charge is 0.158 e. The van der Waals surface area contributed by atoms with Crippen LogP contribution in [0.4, 0.5) is 0 Å². The molecule has 1 N–H and O–H groups in total. The number of aliphatic hydroxyl groups is 1. The zero-order valence-electron chi connectivity index (χ0n) is 16.9. The lowest BCUT2D eigenvalue weighted by molar-refractivity contribution is -0.389. The molecule has 0 amide bonds. The second-order valence-electron chi connectivity index (χ2n) is 9.79. The first-order chi connectivity index (χ1) is 10.8. The molecule has 0 aromatic rings. The van der Waals surface area contributed by atoms with E-state index in [4.69, 9.17) is 9.78 Å². The Hall–Kier alpha value is -0.560. The lowest BCUT2D eigenvalue weighted by Gasteiger charge is -2.42. The molecule has 0 aromatic heterocycles. The number of rotatable bonds is 5. The third-order valence-electron chi connectivity index (χ3n) is 6.79. The summed E-state index contributed by atoms with van der Waals surface area (Å²) in [4.78, 5) is 11.3. The van der Waals surface area contributed by atoms with Gasteiger partial charge in [0.05, 0.1) is 5.60 Å². The standard InChI is InChI=1S/C21H36O3/c1-9-11-17(2,3)23-24-18(4,5)13-14-21(22)15-16-10-12-20(21,8)19(16,6)7/h16,22H,9-12,15H2,1-8H3/t16-,20+,21+/m1/s1. The SMILES string of the molecule is CCCC(C)(C)OOC(C)(C)C#C[C@]1(O)C[C@H]2CC[C@@]1(C)C2(C)C. The molecule has 0 saturated heterocycles. The maximum absolute atomic E-state index is 11.3. The Labute approximate surface area is 148 Å². The maximum atomic E-state index is 11.3. The summed E-state index contributed by atoms with van der Waals surface area (Å²) in [7, 11) is 0. The minimum absolute atomic E-state index is 0.126. The van der Waals surface area contributed by atoms with Crippen LogP contribution in [-0.4, -0.2) is 21.9 Å². The van der Waals surface area contributed by atoms with E-state index in [1.165, 1.54) is 6.42 Å². The molecule has 0 radical (unpaired) electrons. The summed E-state index contributed by atoms with van der Waals surface area (Å²) in [6.07, 6.45) is 4.96. The van der Waals surface area contributed by atoms with Crippen molar-refractivity contribution in [2.75, 3.05) is 0 Å². The molecule has 2 saturated carbocycles. The highest BCUT2D eigenvalue weighted by atomic mass is 17.2. The Balaban J connectivity index is 2.11. The van der Waals surface area contributed by atoms with Crippen molar-refractivity contribution in [1.82, 2.24) is 0 Å². The van der Waals surface area contributed by atoms with Crippen LogP contribution in [0.5, 0.6) is 0 Å². The first-order valence-corrected chi connectivity index (χ1v) is 9.42. The third-order valence-corrected chi connectivity index (χ3v) is 6.79. The summed E-state index contributed by atoms with van der Waals surface area (Å²) in [5.74, 6) is 6.90. The second kappa shape index (κ2) is 6.01. The quantitative estimate of drug-likeness (QED) is 0.442. The molecule has 3 nitrogen and oxygen atoms in total. The molecule has 0 aliphatic heterocycles. The van der Waals surface area contributed by atoms with Crippen LogP contribution in [0.3, 0.4) is 0 Å². The monoisotopic (exact) mass is 336 g/mol. The van der Waals surface area contributed by atoms with Gasteiger partial charge in [-0.3, -0.25) is 0 Å². The van der Waals surface area contributed by atoms with Crippen molar-refractivity contribution in [3.63, 3.8) is 0 Å². The van der Waals surface area contributed by atoms with E-state index in [0.29, 0.717) is 5.92 Å². The van der Waals surface area contributed by atoms with E-state index in [-0.39, 0.29) is 16.4 Å². The van der Waals surface area contributed by atoms with E-state index in [0.717, 1.165) is 25.7 Å². The third kappa shape index (κ3) is 3.26. The highest BCUT2D eigenvalue weighted by Gasteiger charge is 2.68. The number of hydrogen-bond acceptors (Lipinski definition) is 3. The lowest BCUT2D eigenvalue weighted by atomic mass is 9.64. The van der Waals surface area contributed by atoms with Crippen LogP contribution in [0.1, 0.15) is 87.5 Å². The van der Waals surface area contributed by atoms with E-state index in [1.807, 2.05) is 27.7 Å². The molecule has 3 atom stereocenters. The molecule has 0 aromatic carbocycles. The topological polar surface area (TPSA) is 38.7 Å². The summed E-state index contributed by atoms with van der Waals surface area (Å²) in [5.41, 5.74) is -2.04. The summed E-state index contributed by atoms with van der Waals surface area (Å²) in [6, 6.07) is 0. The highest BCUT2D eigenvalue weighted by molar-refractivity contribution is 5.31. The van der Waals surface area contributed by atoms with Gasteiger partial charge in [-0.05, 0) is 64.7 Å². The van der Waals surface area contributed by atoms with Crippen molar-refractivity contribution in [3.05, 3.63) is 0 Å². The summed E-state index contributed by atoms with van der Waals surface area (Å²) in [6.45, 7) is 16.7. The second-order valence-corrected chi connectivity index (χ2v) is 9.79.